The average Bonchev–Trinajstić information content (AvgIpc) is 2.72. The highest BCUT2D eigenvalue weighted by Gasteiger charge is 2.30. The summed E-state index contributed by atoms with van der Waals surface area (Å²) >= 11 is 0.401. The number of carboxylic acids is 4. The Bertz CT molecular complexity index is 688. The minimum atomic E-state index is -2.11. The molecule has 22 heavy (non-hydrogen) atoms. The second-order valence-electron chi connectivity index (χ2n) is 3.86. The van der Waals surface area contributed by atoms with Gasteiger partial charge >= 0.3 is 23.9 Å². The zero-order valence-corrected chi connectivity index (χ0v) is 11.4. The number of aromatic carboxylic acids is 1. The molecule has 0 saturated heterocycles. The summed E-state index contributed by atoms with van der Waals surface area (Å²) < 4.78 is 0. The van der Waals surface area contributed by atoms with Crippen LogP contribution in [-0.2, 0) is 20.8 Å². The van der Waals surface area contributed by atoms with Crippen molar-refractivity contribution in [2.45, 2.75) is 12.5 Å². The zero-order chi connectivity index (χ0) is 17.0. The molecule has 0 unspecified atom stereocenters. The number of hydrogen-bond donors (Lipinski definition) is 5. The number of nitriles is 1. The van der Waals surface area contributed by atoms with Crippen LogP contribution < -0.4 is 5.32 Å². The number of nitrogens with zero attached hydrogens (tertiary/aromatic N) is 1. The predicted octanol–water partition coefficient (Wildman–Crippen LogP) is -0.105. The Morgan fingerprint density at radius 1 is 1.14 bits per heavy atom. The summed E-state index contributed by atoms with van der Waals surface area (Å²) in [6.45, 7) is 0. The summed E-state index contributed by atoms with van der Waals surface area (Å²) in [4.78, 5) is 43.0. The van der Waals surface area contributed by atoms with Crippen LogP contribution in [0.15, 0.2) is 0 Å². The third kappa shape index (κ3) is 3.49. The molecular formula is C11H8N2O8S. The van der Waals surface area contributed by atoms with Gasteiger partial charge in [0.05, 0.1) is 12.0 Å². The van der Waals surface area contributed by atoms with E-state index >= 15 is 0 Å². The molecule has 0 aliphatic rings. The molecule has 0 saturated carbocycles. The van der Waals surface area contributed by atoms with E-state index in [4.69, 9.17) is 25.7 Å². The van der Waals surface area contributed by atoms with Crippen molar-refractivity contribution in [2.24, 2.45) is 0 Å². The lowest BCUT2D eigenvalue weighted by Gasteiger charge is -2.09. The topological polar surface area (TPSA) is 185 Å². The Hall–Kier alpha value is -3.13. The monoisotopic (exact) mass is 328 g/mol. The maximum Gasteiger partial charge on any atom is 0.346 e. The van der Waals surface area contributed by atoms with Crippen LogP contribution in [0.1, 0.15) is 20.8 Å². The second kappa shape index (κ2) is 6.55. The Morgan fingerprint density at radius 3 is 2.05 bits per heavy atom. The summed E-state index contributed by atoms with van der Waals surface area (Å²) in [6.07, 6.45) is -0.770. The molecule has 0 aliphatic heterocycles. The molecule has 0 spiro atoms. The molecule has 0 aromatic carbocycles. The molecule has 0 fully saturated rings. The number of anilines is 1. The van der Waals surface area contributed by atoms with Crippen LogP contribution in [0.25, 0.3) is 0 Å². The van der Waals surface area contributed by atoms with E-state index in [9.17, 15) is 19.2 Å². The SMILES string of the molecule is N#Cc1c(NC(C(=O)O)C(=O)O)sc(C(=O)O)c1CC(=O)O. The molecule has 1 heterocycles. The minimum absolute atomic E-state index is 0.315. The number of carbonyl (C=O) groups is 4. The molecule has 0 atom stereocenters. The first-order chi connectivity index (χ1) is 10.2. The fourth-order valence-corrected chi connectivity index (χ4v) is 2.57. The van der Waals surface area contributed by atoms with E-state index in [0.717, 1.165) is 0 Å². The van der Waals surface area contributed by atoms with Gasteiger partial charge in [0, 0.05) is 5.56 Å². The van der Waals surface area contributed by atoms with Gasteiger partial charge in [-0.1, -0.05) is 0 Å². The van der Waals surface area contributed by atoms with E-state index in [-0.39, 0.29) is 10.6 Å². The average molecular weight is 328 g/mol. The Morgan fingerprint density at radius 2 is 1.68 bits per heavy atom. The summed E-state index contributed by atoms with van der Waals surface area (Å²) in [5, 5.41) is 46.0. The lowest BCUT2D eigenvalue weighted by Crippen LogP contribution is -2.37. The van der Waals surface area contributed by atoms with Crippen molar-refractivity contribution in [3.8, 4) is 6.07 Å². The van der Waals surface area contributed by atoms with Crippen molar-refractivity contribution in [3.63, 3.8) is 0 Å². The van der Waals surface area contributed by atoms with Crippen molar-refractivity contribution in [1.82, 2.24) is 0 Å². The van der Waals surface area contributed by atoms with Gasteiger partial charge in [0.15, 0.2) is 0 Å². The van der Waals surface area contributed by atoms with Crippen molar-refractivity contribution >= 4 is 40.2 Å². The first-order valence-corrected chi connectivity index (χ1v) is 6.23. The van der Waals surface area contributed by atoms with E-state index in [2.05, 4.69) is 0 Å². The highest BCUT2D eigenvalue weighted by Crippen LogP contribution is 2.34. The van der Waals surface area contributed by atoms with E-state index in [1.54, 1.807) is 6.07 Å². The van der Waals surface area contributed by atoms with Gasteiger partial charge in [0.25, 0.3) is 0 Å². The fraction of sp³-hybridized carbons (Fsp3) is 0.182. The molecule has 0 aliphatic carbocycles. The van der Waals surface area contributed by atoms with Crippen molar-refractivity contribution < 1.29 is 39.6 Å². The summed E-state index contributed by atoms with van der Waals surface area (Å²) in [5.74, 6) is -6.40. The van der Waals surface area contributed by atoms with Gasteiger partial charge < -0.3 is 25.7 Å². The van der Waals surface area contributed by atoms with Crippen molar-refractivity contribution in [2.75, 3.05) is 5.32 Å². The molecule has 0 bridgehead atoms. The standard InChI is InChI=1S/C11H8N2O8S/c12-2-4-3(1-5(14)15)7(11(20)21)22-8(4)13-6(9(16)17)10(18)19/h6,13H,1H2,(H,14,15)(H,16,17)(H,18,19)(H,20,21). The van der Waals surface area contributed by atoms with E-state index in [0.29, 0.717) is 11.3 Å². The van der Waals surface area contributed by atoms with Gasteiger partial charge in [-0.15, -0.1) is 11.3 Å². The molecule has 11 heteroatoms. The maximum atomic E-state index is 11.1. The smallest absolute Gasteiger partial charge is 0.346 e. The first kappa shape index (κ1) is 16.9. The molecule has 0 radical (unpaired) electrons. The molecule has 0 amide bonds. The molecule has 1 aromatic rings. The van der Waals surface area contributed by atoms with Crippen LogP contribution in [0.2, 0.25) is 0 Å². The molecule has 116 valence electrons. The van der Waals surface area contributed by atoms with Crippen LogP contribution in [0.4, 0.5) is 5.00 Å². The lowest BCUT2D eigenvalue weighted by molar-refractivity contribution is -0.148. The van der Waals surface area contributed by atoms with Gasteiger partial charge in [-0.05, 0) is 0 Å². The Balaban J connectivity index is 3.40. The largest absolute Gasteiger partial charge is 0.481 e. The molecule has 1 aromatic heterocycles. The van der Waals surface area contributed by atoms with Crippen molar-refractivity contribution in [3.05, 3.63) is 16.0 Å². The number of nitrogens with one attached hydrogen (secondary N) is 1. The third-order valence-electron chi connectivity index (χ3n) is 2.41. The summed E-state index contributed by atoms with van der Waals surface area (Å²) in [7, 11) is 0. The predicted molar refractivity (Wildman–Crippen MR) is 70.0 cm³/mol. The highest BCUT2D eigenvalue weighted by molar-refractivity contribution is 7.18. The molecule has 10 nitrogen and oxygen atoms in total. The lowest BCUT2D eigenvalue weighted by atomic mass is 10.1. The zero-order valence-electron chi connectivity index (χ0n) is 10.6. The highest BCUT2D eigenvalue weighted by atomic mass is 32.1. The van der Waals surface area contributed by atoms with Crippen LogP contribution >= 0.6 is 11.3 Å². The fourth-order valence-electron chi connectivity index (χ4n) is 1.54. The molecular weight excluding hydrogens is 320 g/mol. The Labute approximate surface area is 125 Å². The Kier molecular flexibility index (Phi) is 5.04. The van der Waals surface area contributed by atoms with Gasteiger partial charge in [-0.3, -0.25) is 4.79 Å². The quantitative estimate of drug-likeness (QED) is 0.423. The summed E-state index contributed by atoms with van der Waals surface area (Å²) in [6, 6.07) is -0.543. The van der Waals surface area contributed by atoms with E-state index in [1.807, 2.05) is 5.32 Å². The second-order valence-corrected chi connectivity index (χ2v) is 4.88. The molecule has 1 rings (SSSR count). The number of carboxylic acid groups (broad SMARTS) is 4. The third-order valence-corrected chi connectivity index (χ3v) is 3.56. The number of thiophene rings is 1. The maximum absolute atomic E-state index is 11.1. The van der Waals surface area contributed by atoms with Gasteiger partial charge in [0.2, 0.25) is 6.04 Å². The van der Waals surface area contributed by atoms with E-state index in [1.165, 1.54) is 0 Å². The van der Waals surface area contributed by atoms with Crippen molar-refractivity contribution in [1.29, 1.82) is 5.26 Å². The van der Waals surface area contributed by atoms with Crippen LogP contribution in [0.3, 0.4) is 0 Å². The van der Waals surface area contributed by atoms with Crippen LogP contribution in [0, 0.1) is 11.3 Å². The number of aliphatic carboxylic acids is 3. The number of hydrogen-bond acceptors (Lipinski definition) is 7. The van der Waals surface area contributed by atoms with E-state index < -0.39 is 46.8 Å². The van der Waals surface area contributed by atoms with Gasteiger partial charge in [0.1, 0.15) is 15.9 Å². The normalized spacial score (nSPS) is 10.0. The first-order valence-electron chi connectivity index (χ1n) is 5.42. The van der Waals surface area contributed by atoms with Gasteiger partial charge in [-0.2, -0.15) is 5.26 Å². The summed E-state index contributed by atoms with van der Waals surface area (Å²) in [5.41, 5.74) is -0.721. The van der Waals surface area contributed by atoms with Crippen LogP contribution in [-0.4, -0.2) is 50.3 Å². The minimum Gasteiger partial charge on any atom is -0.481 e. The van der Waals surface area contributed by atoms with Crippen LogP contribution in [0.5, 0.6) is 0 Å². The number of rotatable bonds is 7. The van der Waals surface area contributed by atoms with Gasteiger partial charge in [-0.25, -0.2) is 14.4 Å². The molecule has 5 N–H and O–H groups in total.